The lowest BCUT2D eigenvalue weighted by Gasteiger charge is -2.19. The molecule has 2 unspecified atom stereocenters. The van der Waals surface area contributed by atoms with Crippen molar-refractivity contribution in [2.45, 2.75) is 38.5 Å². The molecule has 0 bridgehead atoms. The van der Waals surface area contributed by atoms with Gasteiger partial charge in [0.05, 0.1) is 12.3 Å². The molecule has 0 radical (unpaired) electrons. The minimum Gasteiger partial charge on any atom is -0.377 e. The van der Waals surface area contributed by atoms with Crippen LogP contribution in [-0.4, -0.2) is 23.9 Å². The molecule has 1 aliphatic rings. The standard InChI is InChI=1S/C10H16N2O2/c1-8(10-3-2-4-13-10)11-5-9-6-12-14-7-9/h6-8,10-11H,2-5H2,1H3. The van der Waals surface area contributed by atoms with Crippen LogP contribution in [0.25, 0.3) is 0 Å². The van der Waals surface area contributed by atoms with Crippen molar-refractivity contribution in [1.29, 1.82) is 0 Å². The van der Waals surface area contributed by atoms with Gasteiger partial charge in [0.2, 0.25) is 0 Å². The zero-order chi connectivity index (χ0) is 9.80. The third-order valence-electron chi connectivity index (χ3n) is 2.63. The molecule has 1 aromatic rings. The van der Waals surface area contributed by atoms with E-state index in [1.807, 2.05) is 0 Å². The fraction of sp³-hybridized carbons (Fsp3) is 0.700. The third kappa shape index (κ3) is 2.33. The minimum atomic E-state index is 0.370. The van der Waals surface area contributed by atoms with Crippen LogP contribution in [0.3, 0.4) is 0 Å². The van der Waals surface area contributed by atoms with Crippen molar-refractivity contribution in [2.24, 2.45) is 0 Å². The molecule has 0 aliphatic carbocycles. The van der Waals surface area contributed by atoms with E-state index in [1.165, 1.54) is 6.42 Å². The zero-order valence-electron chi connectivity index (χ0n) is 8.40. The van der Waals surface area contributed by atoms with Crippen molar-refractivity contribution in [3.63, 3.8) is 0 Å². The number of ether oxygens (including phenoxy) is 1. The van der Waals surface area contributed by atoms with Crippen molar-refractivity contribution in [3.8, 4) is 0 Å². The van der Waals surface area contributed by atoms with Gasteiger partial charge in [-0.2, -0.15) is 0 Å². The molecule has 0 amide bonds. The SMILES string of the molecule is CC(NCc1cnoc1)C1CCCO1. The van der Waals surface area contributed by atoms with Crippen LogP contribution >= 0.6 is 0 Å². The van der Waals surface area contributed by atoms with E-state index >= 15 is 0 Å². The first-order chi connectivity index (χ1) is 6.86. The number of rotatable bonds is 4. The Kier molecular flexibility index (Phi) is 3.16. The summed E-state index contributed by atoms with van der Waals surface area (Å²) in [5.74, 6) is 0. The normalized spacial score (nSPS) is 23.9. The van der Waals surface area contributed by atoms with E-state index in [4.69, 9.17) is 9.26 Å². The highest BCUT2D eigenvalue weighted by atomic mass is 16.5. The first kappa shape index (κ1) is 9.68. The fourth-order valence-electron chi connectivity index (χ4n) is 1.72. The Balaban J connectivity index is 1.74. The van der Waals surface area contributed by atoms with Crippen LogP contribution < -0.4 is 5.32 Å². The van der Waals surface area contributed by atoms with E-state index in [2.05, 4.69) is 17.4 Å². The molecule has 1 aliphatic heterocycles. The van der Waals surface area contributed by atoms with Gasteiger partial charge in [-0.05, 0) is 19.8 Å². The summed E-state index contributed by atoms with van der Waals surface area (Å²) in [4.78, 5) is 0. The summed E-state index contributed by atoms with van der Waals surface area (Å²) in [5.41, 5.74) is 1.08. The van der Waals surface area contributed by atoms with Gasteiger partial charge in [-0.1, -0.05) is 5.16 Å². The van der Waals surface area contributed by atoms with Gasteiger partial charge < -0.3 is 14.6 Å². The molecule has 1 aromatic heterocycles. The topological polar surface area (TPSA) is 47.3 Å². The molecule has 0 saturated carbocycles. The summed E-state index contributed by atoms with van der Waals surface area (Å²) in [6.45, 7) is 3.86. The predicted octanol–water partition coefficient (Wildman–Crippen LogP) is 1.33. The number of hydrogen-bond acceptors (Lipinski definition) is 4. The predicted molar refractivity (Wildman–Crippen MR) is 51.8 cm³/mol. The van der Waals surface area contributed by atoms with Gasteiger partial charge in [0, 0.05) is 24.8 Å². The van der Waals surface area contributed by atoms with E-state index < -0.39 is 0 Å². The zero-order valence-corrected chi connectivity index (χ0v) is 8.40. The molecule has 2 rings (SSSR count). The summed E-state index contributed by atoms with van der Waals surface area (Å²) in [7, 11) is 0. The Morgan fingerprint density at radius 3 is 3.29 bits per heavy atom. The van der Waals surface area contributed by atoms with E-state index in [-0.39, 0.29) is 0 Å². The Labute approximate surface area is 83.6 Å². The number of aromatic nitrogens is 1. The van der Waals surface area contributed by atoms with Gasteiger partial charge in [-0.25, -0.2) is 0 Å². The Morgan fingerprint density at radius 1 is 1.71 bits per heavy atom. The molecule has 2 heterocycles. The van der Waals surface area contributed by atoms with Crippen molar-refractivity contribution in [2.75, 3.05) is 6.61 Å². The van der Waals surface area contributed by atoms with Crippen molar-refractivity contribution < 1.29 is 9.26 Å². The first-order valence-corrected chi connectivity index (χ1v) is 5.09. The quantitative estimate of drug-likeness (QED) is 0.789. The number of nitrogens with one attached hydrogen (secondary N) is 1. The second-order valence-electron chi connectivity index (χ2n) is 3.75. The van der Waals surface area contributed by atoms with Gasteiger partial charge in [0.25, 0.3) is 0 Å². The van der Waals surface area contributed by atoms with E-state index in [1.54, 1.807) is 12.5 Å². The largest absolute Gasteiger partial charge is 0.377 e. The van der Waals surface area contributed by atoms with Crippen LogP contribution in [0.4, 0.5) is 0 Å². The van der Waals surface area contributed by atoms with Gasteiger partial charge in [0.15, 0.2) is 0 Å². The summed E-state index contributed by atoms with van der Waals surface area (Å²) < 4.78 is 10.3. The van der Waals surface area contributed by atoms with Crippen LogP contribution in [0.1, 0.15) is 25.3 Å². The summed E-state index contributed by atoms with van der Waals surface area (Å²) in [6.07, 6.45) is 6.11. The summed E-state index contributed by atoms with van der Waals surface area (Å²) in [5, 5.41) is 7.05. The van der Waals surface area contributed by atoms with Gasteiger partial charge in [-0.15, -0.1) is 0 Å². The maximum atomic E-state index is 5.58. The molecule has 4 nitrogen and oxygen atoms in total. The average molecular weight is 196 g/mol. The maximum Gasteiger partial charge on any atom is 0.128 e. The van der Waals surface area contributed by atoms with Crippen LogP contribution in [-0.2, 0) is 11.3 Å². The highest BCUT2D eigenvalue weighted by Gasteiger charge is 2.21. The molecule has 14 heavy (non-hydrogen) atoms. The molecule has 2 atom stereocenters. The highest BCUT2D eigenvalue weighted by Crippen LogP contribution is 2.15. The molecule has 1 fully saturated rings. The maximum absolute atomic E-state index is 5.58. The number of hydrogen-bond donors (Lipinski definition) is 1. The molecule has 0 aromatic carbocycles. The first-order valence-electron chi connectivity index (χ1n) is 5.09. The second kappa shape index (κ2) is 4.57. The van der Waals surface area contributed by atoms with E-state index in [0.717, 1.165) is 25.1 Å². The van der Waals surface area contributed by atoms with Crippen LogP contribution in [0.15, 0.2) is 17.0 Å². The van der Waals surface area contributed by atoms with Crippen LogP contribution in [0.5, 0.6) is 0 Å². The molecule has 0 spiro atoms. The molecule has 78 valence electrons. The van der Waals surface area contributed by atoms with E-state index in [9.17, 15) is 0 Å². The lowest BCUT2D eigenvalue weighted by Crippen LogP contribution is -2.36. The molecule has 4 heteroatoms. The highest BCUT2D eigenvalue weighted by molar-refractivity contribution is 4.99. The van der Waals surface area contributed by atoms with E-state index in [0.29, 0.717) is 12.1 Å². The van der Waals surface area contributed by atoms with Crippen LogP contribution in [0, 0.1) is 0 Å². The number of nitrogens with zero attached hydrogens (tertiary/aromatic N) is 1. The molecular weight excluding hydrogens is 180 g/mol. The second-order valence-corrected chi connectivity index (χ2v) is 3.75. The minimum absolute atomic E-state index is 0.370. The van der Waals surface area contributed by atoms with Crippen molar-refractivity contribution in [3.05, 3.63) is 18.0 Å². The monoisotopic (exact) mass is 196 g/mol. The molecular formula is C10H16N2O2. The molecule has 1 saturated heterocycles. The Morgan fingerprint density at radius 2 is 2.64 bits per heavy atom. The van der Waals surface area contributed by atoms with Gasteiger partial charge >= 0.3 is 0 Å². The molecule has 1 N–H and O–H groups in total. The van der Waals surface area contributed by atoms with Crippen molar-refractivity contribution >= 4 is 0 Å². The Hall–Kier alpha value is -0.870. The lowest BCUT2D eigenvalue weighted by molar-refractivity contribution is 0.0832. The average Bonchev–Trinajstić information content (AvgIpc) is 2.87. The fourth-order valence-corrected chi connectivity index (χ4v) is 1.72. The third-order valence-corrected chi connectivity index (χ3v) is 2.63. The van der Waals surface area contributed by atoms with Crippen molar-refractivity contribution in [1.82, 2.24) is 10.5 Å². The Bertz CT molecular complexity index is 255. The lowest BCUT2D eigenvalue weighted by atomic mass is 10.1. The van der Waals surface area contributed by atoms with Gasteiger partial charge in [0.1, 0.15) is 6.26 Å². The van der Waals surface area contributed by atoms with Gasteiger partial charge in [-0.3, -0.25) is 0 Å². The summed E-state index contributed by atoms with van der Waals surface area (Å²) in [6, 6.07) is 0.396. The van der Waals surface area contributed by atoms with Crippen LogP contribution in [0.2, 0.25) is 0 Å². The summed E-state index contributed by atoms with van der Waals surface area (Å²) >= 11 is 0. The smallest absolute Gasteiger partial charge is 0.128 e.